The van der Waals surface area contributed by atoms with Crippen molar-refractivity contribution in [3.63, 3.8) is 0 Å². The summed E-state index contributed by atoms with van der Waals surface area (Å²) in [5.74, 6) is -0.165. The largest absolute Gasteiger partial charge is 0.491 e. The summed E-state index contributed by atoms with van der Waals surface area (Å²) in [6.07, 6.45) is 2.23. The number of thiol groups is 1. The van der Waals surface area contributed by atoms with Gasteiger partial charge in [0.05, 0.1) is 16.8 Å². The van der Waals surface area contributed by atoms with E-state index in [-0.39, 0.29) is 5.56 Å². The van der Waals surface area contributed by atoms with E-state index in [9.17, 15) is 9.18 Å². The minimum atomic E-state index is -0.565. The van der Waals surface area contributed by atoms with Crippen molar-refractivity contribution in [1.29, 1.82) is 0 Å². The van der Waals surface area contributed by atoms with Crippen molar-refractivity contribution in [2.75, 3.05) is 5.75 Å². The van der Waals surface area contributed by atoms with Crippen LogP contribution in [0.15, 0.2) is 23.7 Å². The van der Waals surface area contributed by atoms with E-state index in [0.717, 1.165) is 5.47 Å². The molecule has 6 heteroatoms. The molecule has 1 fully saturated rings. The van der Waals surface area contributed by atoms with Gasteiger partial charge in [-0.05, 0) is 44.8 Å². The molecule has 1 heterocycles. The lowest BCUT2D eigenvalue weighted by molar-refractivity contribution is 0.00578. The minimum absolute atomic E-state index is 0.0262. The van der Waals surface area contributed by atoms with Crippen LogP contribution in [0, 0.1) is 5.82 Å². The lowest BCUT2D eigenvalue weighted by Gasteiger charge is -2.32. The molecule has 1 saturated heterocycles. The van der Waals surface area contributed by atoms with Gasteiger partial charge in [-0.3, -0.25) is 4.79 Å². The predicted molar refractivity (Wildman–Crippen MR) is 89.7 cm³/mol. The second kappa shape index (κ2) is 6.18. The van der Waals surface area contributed by atoms with Gasteiger partial charge in [0.2, 0.25) is 0 Å². The van der Waals surface area contributed by atoms with Gasteiger partial charge in [-0.25, -0.2) is 4.39 Å². The molecule has 0 N–H and O–H groups in total. The Kier molecular flexibility index (Phi) is 4.85. The van der Waals surface area contributed by atoms with E-state index in [2.05, 4.69) is 12.6 Å². The number of carbonyl (C=O) groups excluding carboxylic acids is 1. The van der Waals surface area contributed by atoms with Gasteiger partial charge >= 0.3 is 7.12 Å². The highest BCUT2D eigenvalue weighted by Crippen LogP contribution is 2.39. The SMILES string of the molecule is CC1(C)OB(C(=Cc2cccc(F)c2C=O)CS)OC1(C)C. The van der Waals surface area contributed by atoms with Crippen molar-refractivity contribution < 1.29 is 18.5 Å². The molecule has 0 saturated carbocycles. The molecule has 0 aromatic heterocycles. The van der Waals surface area contributed by atoms with Crippen LogP contribution in [0.5, 0.6) is 0 Å². The van der Waals surface area contributed by atoms with Crippen molar-refractivity contribution in [3.05, 3.63) is 40.6 Å². The second-order valence-corrected chi connectivity index (χ2v) is 6.64. The second-order valence-electron chi connectivity index (χ2n) is 6.33. The van der Waals surface area contributed by atoms with Crippen molar-refractivity contribution in [3.8, 4) is 0 Å². The first-order chi connectivity index (χ1) is 10.2. The predicted octanol–water partition coefficient (Wildman–Crippen LogP) is 3.58. The summed E-state index contributed by atoms with van der Waals surface area (Å²) in [5.41, 5.74) is 0.340. The molecule has 1 aromatic carbocycles. The van der Waals surface area contributed by atoms with Crippen LogP contribution in [-0.2, 0) is 9.31 Å². The summed E-state index contributed by atoms with van der Waals surface area (Å²) in [6, 6.07) is 4.51. The summed E-state index contributed by atoms with van der Waals surface area (Å²) in [7, 11) is -0.565. The van der Waals surface area contributed by atoms with Crippen LogP contribution in [0.4, 0.5) is 4.39 Å². The Bertz CT molecular complexity index is 597. The molecular formula is C16H20BFO3S. The first-order valence-electron chi connectivity index (χ1n) is 7.12. The normalized spacial score (nSPS) is 20.3. The molecule has 2 rings (SSSR count). The zero-order chi connectivity index (χ0) is 16.5. The molecule has 0 bridgehead atoms. The Balaban J connectivity index is 2.38. The highest BCUT2D eigenvalue weighted by atomic mass is 32.1. The molecule has 1 aliphatic rings. The van der Waals surface area contributed by atoms with E-state index in [1.54, 1.807) is 18.2 Å². The Labute approximate surface area is 136 Å². The molecule has 0 amide bonds. The van der Waals surface area contributed by atoms with Crippen molar-refractivity contribution in [2.45, 2.75) is 38.9 Å². The van der Waals surface area contributed by atoms with E-state index in [1.807, 2.05) is 27.7 Å². The smallest absolute Gasteiger partial charge is 0.400 e. The lowest BCUT2D eigenvalue weighted by atomic mass is 9.78. The third-order valence-electron chi connectivity index (χ3n) is 4.28. The summed E-state index contributed by atoms with van der Waals surface area (Å²) < 4.78 is 25.6. The number of aldehydes is 1. The number of halogens is 1. The van der Waals surface area contributed by atoms with Crippen LogP contribution in [-0.4, -0.2) is 30.4 Å². The standard InChI is InChI=1S/C16H20BFO3S/c1-15(2)16(3,4)21-17(20-15)12(10-22)8-11-6-5-7-14(18)13(11)9-19/h5-9,22H,10H2,1-4H3. The quantitative estimate of drug-likeness (QED) is 0.523. The Morgan fingerprint density at radius 1 is 1.27 bits per heavy atom. The summed E-state index contributed by atoms with van der Waals surface area (Å²) in [6.45, 7) is 7.84. The van der Waals surface area contributed by atoms with Gasteiger partial charge in [0.1, 0.15) is 5.82 Å². The van der Waals surface area contributed by atoms with E-state index < -0.39 is 24.1 Å². The van der Waals surface area contributed by atoms with Crippen LogP contribution in [0.25, 0.3) is 6.08 Å². The van der Waals surface area contributed by atoms with Crippen molar-refractivity contribution in [2.24, 2.45) is 0 Å². The minimum Gasteiger partial charge on any atom is -0.400 e. The van der Waals surface area contributed by atoms with E-state index >= 15 is 0 Å². The average Bonchev–Trinajstić information content (AvgIpc) is 2.64. The van der Waals surface area contributed by atoms with Gasteiger partial charge in [0.15, 0.2) is 6.29 Å². The van der Waals surface area contributed by atoms with Crippen molar-refractivity contribution >= 4 is 32.1 Å². The summed E-state index contributed by atoms with van der Waals surface area (Å²) in [5, 5.41) is 0. The van der Waals surface area contributed by atoms with Crippen LogP contribution in [0.3, 0.4) is 0 Å². The van der Waals surface area contributed by atoms with E-state index in [1.165, 1.54) is 6.07 Å². The zero-order valence-corrected chi connectivity index (χ0v) is 14.1. The molecule has 0 radical (unpaired) electrons. The fourth-order valence-electron chi connectivity index (χ4n) is 2.19. The summed E-state index contributed by atoms with van der Waals surface area (Å²) in [4.78, 5) is 11.1. The van der Waals surface area contributed by atoms with Crippen LogP contribution in [0.2, 0.25) is 0 Å². The first-order valence-corrected chi connectivity index (χ1v) is 7.76. The van der Waals surface area contributed by atoms with Gasteiger partial charge in [-0.2, -0.15) is 12.6 Å². The molecule has 118 valence electrons. The molecule has 1 aromatic rings. The first kappa shape index (κ1) is 17.3. The van der Waals surface area contributed by atoms with Crippen molar-refractivity contribution in [1.82, 2.24) is 0 Å². The fraction of sp³-hybridized carbons (Fsp3) is 0.438. The maximum Gasteiger partial charge on any atom is 0.491 e. The number of rotatable bonds is 4. The molecule has 0 aliphatic carbocycles. The third-order valence-corrected chi connectivity index (χ3v) is 4.65. The average molecular weight is 322 g/mol. The lowest BCUT2D eigenvalue weighted by Crippen LogP contribution is -2.41. The number of benzene rings is 1. The molecule has 0 atom stereocenters. The third kappa shape index (κ3) is 3.14. The van der Waals surface area contributed by atoms with Gasteiger partial charge in [-0.15, -0.1) is 0 Å². The molecule has 0 unspecified atom stereocenters. The molecule has 22 heavy (non-hydrogen) atoms. The maximum atomic E-state index is 13.7. The van der Waals surface area contributed by atoms with Crippen LogP contribution in [0.1, 0.15) is 43.6 Å². The molecule has 0 spiro atoms. The zero-order valence-electron chi connectivity index (χ0n) is 13.2. The van der Waals surface area contributed by atoms with Gasteiger partial charge in [0.25, 0.3) is 0 Å². The fourth-order valence-corrected chi connectivity index (χ4v) is 2.43. The van der Waals surface area contributed by atoms with E-state index in [4.69, 9.17) is 9.31 Å². The monoisotopic (exact) mass is 322 g/mol. The molecule has 3 nitrogen and oxygen atoms in total. The van der Waals surface area contributed by atoms with Crippen LogP contribution >= 0.6 is 12.6 Å². The Hall–Kier alpha value is -1.11. The Morgan fingerprint density at radius 3 is 2.36 bits per heavy atom. The highest BCUT2D eigenvalue weighted by Gasteiger charge is 2.52. The maximum absolute atomic E-state index is 13.7. The van der Waals surface area contributed by atoms with E-state index in [0.29, 0.717) is 17.6 Å². The van der Waals surface area contributed by atoms with Gasteiger partial charge in [-0.1, -0.05) is 18.2 Å². The highest BCUT2D eigenvalue weighted by molar-refractivity contribution is 7.80. The number of hydrogen-bond donors (Lipinski definition) is 1. The van der Waals surface area contributed by atoms with Gasteiger partial charge < -0.3 is 9.31 Å². The van der Waals surface area contributed by atoms with Crippen LogP contribution < -0.4 is 0 Å². The molecular weight excluding hydrogens is 302 g/mol. The Morgan fingerprint density at radius 2 is 1.86 bits per heavy atom. The molecule has 1 aliphatic heterocycles. The number of carbonyl (C=O) groups is 1. The number of hydrogen-bond acceptors (Lipinski definition) is 4. The summed E-state index contributed by atoms with van der Waals surface area (Å²) >= 11 is 4.31. The van der Waals surface area contributed by atoms with Gasteiger partial charge in [0, 0.05) is 5.75 Å². The topological polar surface area (TPSA) is 35.5 Å².